The number of nitrogens with two attached hydrogens (primary N) is 1. The van der Waals surface area contributed by atoms with Crippen molar-refractivity contribution in [2.45, 2.75) is 38.9 Å². The van der Waals surface area contributed by atoms with Crippen LogP contribution in [0.1, 0.15) is 25.5 Å². The van der Waals surface area contributed by atoms with Crippen molar-refractivity contribution in [2.75, 3.05) is 0 Å². The van der Waals surface area contributed by atoms with E-state index in [0.29, 0.717) is 12.1 Å². The highest BCUT2D eigenvalue weighted by Crippen LogP contribution is 1.96. The van der Waals surface area contributed by atoms with E-state index in [4.69, 9.17) is 10.8 Å². The Morgan fingerprint density at radius 3 is 2.94 bits per heavy atom. The number of rotatable bonds is 7. The Balaban J connectivity index is 2.41. The Bertz CT molecular complexity index is 417. The van der Waals surface area contributed by atoms with Gasteiger partial charge in [0.1, 0.15) is 12.2 Å². The van der Waals surface area contributed by atoms with Gasteiger partial charge in [0.25, 0.3) is 0 Å². The molecule has 0 aromatic carbocycles. The zero-order valence-corrected chi connectivity index (χ0v) is 10.2. The van der Waals surface area contributed by atoms with E-state index >= 15 is 0 Å². The average molecular weight is 255 g/mol. The van der Waals surface area contributed by atoms with E-state index < -0.39 is 12.0 Å². The van der Waals surface area contributed by atoms with E-state index in [0.717, 1.165) is 6.42 Å². The molecule has 0 aliphatic rings. The van der Waals surface area contributed by atoms with E-state index in [1.807, 2.05) is 6.92 Å². The van der Waals surface area contributed by atoms with Crippen molar-refractivity contribution in [3.8, 4) is 0 Å². The Hall–Kier alpha value is -1.96. The van der Waals surface area contributed by atoms with Gasteiger partial charge in [-0.25, -0.2) is 4.68 Å². The third-order valence-corrected chi connectivity index (χ3v) is 2.26. The summed E-state index contributed by atoms with van der Waals surface area (Å²) < 4.78 is 1.19. The van der Waals surface area contributed by atoms with Crippen molar-refractivity contribution in [3.63, 3.8) is 0 Å². The van der Waals surface area contributed by atoms with Gasteiger partial charge in [0, 0.05) is 0 Å². The number of hydrogen-bond donors (Lipinski definition) is 3. The number of carbonyl (C=O) groups is 2. The number of aromatic nitrogens is 3. The van der Waals surface area contributed by atoms with Crippen molar-refractivity contribution in [3.05, 3.63) is 11.9 Å². The van der Waals surface area contributed by atoms with Gasteiger partial charge in [0.2, 0.25) is 5.91 Å². The Morgan fingerprint density at radius 2 is 2.33 bits per heavy atom. The third kappa shape index (κ3) is 4.50. The van der Waals surface area contributed by atoms with Crippen LogP contribution in [0.25, 0.3) is 0 Å². The van der Waals surface area contributed by atoms with Gasteiger partial charge in [-0.3, -0.25) is 9.59 Å². The predicted molar refractivity (Wildman–Crippen MR) is 62.4 cm³/mol. The number of hydrogen-bond acceptors (Lipinski definition) is 5. The number of carboxylic acid groups (broad SMARTS) is 1. The number of amides is 1. The Morgan fingerprint density at radius 1 is 1.61 bits per heavy atom. The maximum absolute atomic E-state index is 11.5. The van der Waals surface area contributed by atoms with Crippen LogP contribution >= 0.6 is 0 Å². The highest BCUT2D eigenvalue weighted by molar-refractivity contribution is 5.81. The lowest BCUT2D eigenvalue weighted by molar-refractivity contribution is -0.138. The van der Waals surface area contributed by atoms with Crippen molar-refractivity contribution in [1.82, 2.24) is 20.3 Å². The van der Waals surface area contributed by atoms with E-state index in [1.54, 1.807) is 0 Å². The fourth-order valence-corrected chi connectivity index (χ4v) is 1.39. The molecule has 8 heteroatoms. The minimum absolute atomic E-state index is 0.190. The molecule has 0 aliphatic heterocycles. The highest BCUT2D eigenvalue weighted by atomic mass is 16.4. The zero-order chi connectivity index (χ0) is 13.5. The summed E-state index contributed by atoms with van der Waals surface area (Å²) >= 11 is 0. The molecule has 0 saturated carbocycles. The smallest absolute Gasteiger partial charge is 0.325 e. The number of carbonyl (C=O) groups excluding carboxylic acids is 1. The Labute approximate surface area is 104 Å². The number of nitrogens with one attached hydrogen (secondary N) is 1. The average Bonchev–Trinajstić information content (AvgIpc) is 2.73. The van der Waals surface area contributed by atoms with Gasteiger partial charge < -0.3 is 16.2 Å². The van der Waals surface area contributed by atoms with Crippen molar-refractivity contribution >= 4 is 11.9 Å². The minimum atomic E-state index is -1.000. The van der Waals surface area contributed by atoms with Crippen LogP contribution in [0.4, 0.5) is 0 Å². The molecule has 1 rings (SSSR count). The van der Waals surface area contributed by atoms with Crippen LogP contribution in [0.5, 0.6) is 0 Å². The molecule has 0 spiro atoms. The van der Waals surface area contributed by atoms with Gasteiger partial charge in [-0.05, 0) is 6.42 Å². The van der Waals surface area contributed by atoms with Gasteiger partial charge >= 0.3 is 5.97 Å². The van der Waals surface area contributed by atoms with Crippen LogP contribution in [0, 0.1) is 0 Å². The lowest BCUT2D eigenvalue weighted by atomic mass is 10.2. The summed E-state index contributed by atoms with van der Waals surface area (Å²) in [5.74, 6) is -1.25. The number of carboxylic acids is 1. The van der Waals surface area contributed by atoms with E-state index in [1.165, 1.54) is 10.9 Å². The van der Waals surface area contributed by atoms with Crippen molar-refractivity contribution < 1.29 is 14.7 Å². The van der Waals surface area contributed by atoms with Crippen LogP contribution in [0.15, 0.2) is 6.20 Å². The van der Waals surface area contributed by atoms with E-state index in [-0.39, 0.29) is 19.0 Å². The quantitative estimate of drug-likeness (QED) is 0.580. The van der Waals surface area contributed by atoms with Gasteiger partial charge in [-0.15, -0.1) is 5.10 Å². The monoisotopic (exact) mass is 255 g/mol. The lowest BCUT2D eigenvalue weighted by Crippen LogP contribution is -2.40. The molecule has 1 aromatic heterocycles. The largest absolute Gasteiger partial charge is 0.480 e. The van der Waals surface area contributed by atoms with Crippen LogP contribution in [-0.2, 0) is 22.7 Å². The summed E-state index contributed by atoms with van der Waals surface area (Å²) in [4.78, 5) is 21.9. The lowest BCUT2D eigenvalue weighted by Gasteiger charge is -2.09. The summed E-state index contributed by atoms with van der Waals surface area (Å²) in [6.07, 6.45) is 2.93. The van der Waals surface area contributed by atoms with E-state index in [9.17, 15) is 9.59 Å². The summed E-state index contributed by atoms with van der Waals surface area (Å²) in [6, 6.07) is -0.524. The first-order valence-corrected chi connectivity index (χ1v) is 5.67. The van der Waals surface area contributed by atoms with Gasteiger partial charge in [-0.2, -0.15) is 0 Å². The molecule has 1 amide bonds. The zero-order valence-electron chi connectivity index (χ0n) is 10.2. The molecule has 0 saturated heterocycles. The molecule has 100 valence electrons. The molecule has 0 radical (unpaired) electrons. The number of aliphatic carboxylic acids is 1. The number of nitrogens with zero attached hydrogens (tertiary/aromatic N) is 3. The summed E-state index contributed by atoms with van der Waals surface area (Å²) in [7, 11) is 0. The SMILES string of the molecule is CCC[C@H](N)C(=O)NCc1cn(CC(=O)O)nn1. The molecular weight excluding hydrogens is 238 g/mol. The first-order valence-electron chi connectivity index (χ1n) is 5.67. The molecule has 18 heavy (non-hydrogen) atoms. The molecule has 1 aromatic rings. The topological polar surface area (TPSA) is 123 Å². The standard InChI is InChI=1S/C10H17N5O3/c1-2-3-8(11)10(18)12-4-7-5-15(14-13-7)6-9(16)17/h5,8H,2-4,6,11H2,1H3,(H,12,18)(H,16,17)/t8-/m0/s1. The molecule has 0 bridgehead atoms. The molecule has 8 nitrogen and oxygen atoms in total. The molecular formula is C10H17N5O3. The summed E-state index contributed by atoms with van der Waals surface area (Å²) in [5, 5.41) is 18.5. The molecule has 4 N–H and O–H groups in total. The summed E-state index contributed by atoms with van der Waals surface area (Å²) in [5.41, 5.74) is 6.13. The highest BCUT2D eigenvalue weighted by Gasteiger charge is 2.12. The molecule has 0 aliphatic carbocycles. The van der Waals surface area contributed by atoms with Crippen molar-refractivity contribution in [1.29, 1.82) is 0 Å². The van der Waals surface area contributed by atoms with Gasteiger partial charge in [-0.1, -0.05) is 18.6 Å². The second-order valence-corrected chi connectivity index (χ2v) is 3.91. The predicted octanol–water partition coefficient (Wildman–Crippen LogP) is -0.894. The first kappa shape index (κ1) is 14.1. The van der Waals surface area contributed by atoms with Crippen LogP contribution in [0.3, 0.4) is 0 Å². The maximum atomic E-state index is 11.5. The van der Waals surface area contributed by atoms with Crippen molar-refractivity contribution in [2.24, 2.45) is 5.73 Å². The second-order valence-electron chi connectivity index (χ2n) is 3.91. The molecule has 0 fully saturated rings. The minimum Gasteiger partial charge on any atom is -0.480 e. The molecule has 0 unspecified atom stereocenters. The molecule has 1 atom stereocenters. The van der Waals surface area contributed by atoms with Crippen LogP contribution < -0.4 is 11.1 Å². The van der Waals surface area contributed by atoms with E-state index in [2.05, 4.69) is 15.6 Å². The second kappa shape index (κ2) is 6.70. The normalized spacial score (nSPS) is 12.1. The third-order valence-electron chi connectivity index (χ3n) is 2.26. The molecule has 1 heterocycles. The van der Waals surface area contributed by atoms with Crippen LogP contribution in [0.2, 0.25) is 0 Å². The Kier molecular flexibility index (Phi) is 5.25. The van der Waals surface area contributed by atoms with Gasteiger partial charge in [0.05, 0.1) is 18.8 Å². The summed E-state index contributed by atoms with van der Waals surface area (Å²) in [6.45, 7) is 1.89. The first-order chi connectivity index (χ1) is 8.52. The fourth-order valence-electron chi connectivity index (χ4n) is 1.39. The van der Waals surface area contributed by atoms with Crippen LogP contribution in [-0.4, -0.2) is 38.0 Å². The van der Waals surface area contributed by atoms with Gasteiger partial charge in [0.15, 0.2) is 0 Å². The maximum Gasteiger partial charge on any atom is 0.325 e. The fraction of sp³-hybridized carbons (Fsp3) is 0.600.